The van der Waals surface area contributed by atoms with Crippen LogP contribution in [0.1, 0.15) is 120 Å². The molecule has 0 aliphatic carbocycles. The summed E-state index contributed by atoms with van der Waals surface area (Å²) in [5, 5.41) is 15.0. The number of carbonyl (C=O) groups is 5. The number of hydrogen-bond acceptors (Lipinski definition) is 22. The third-order valence-electron chi connectivity index (χ3n) is 15.4. The van der Waals surface area contributed by atoms with Crippen LogP contribution in [0.15, 0.2) is 181 Å². The maximum Gasteiger partial charge on any atom is 0.277 e. The quantitative estimate of drug-likeness (QED) is 0.0623. The molecule has 0 spiro atoms. The highest BCUT2D eigenvalue weighted by molar-refractivity contribution is 9.10. The van der Waals surface area contributed by atoms with Gasteiger partial charge in [0.25, 0.3) is 45.9 Å². The Morgan fingerprint density at radius 3 is 1.17 bits per heavy atom. The number of H-pyrrole nitrogens is 1. The van der Waals surface area contributed by atoms with E-state index in [1.807, 2.05) is 76.2 Å². The first kappa shape index (κ1) is 76.9. The number of Topliss-reactive ketones (excluding diaryl/α,β-unsaturated/α-hetero) is 1. The number of aromatic amines is 1. The number of nitrogens with zero attached hydrogens (tertiary/aromatic N) is 13. The lowest BCUT2D eigenvalue weighted by Gasteiger charge is -2.27. The van der Waals surface area contributed by atoms with Gasteiger partial charge in [-0.3, -0.25) is 76.8 Å². The van der Waals surface area contributed by atoms with E-state index in [4.69, 9.17) is 57.9 Å². The van der Waals surface area contributed by atoms with Gasteiger partial charge in [0.05, 0.1) is 46.1 Å². The molecule has 11 aromatic heterocycles. The smallest absolute Gasteiger partial charge is 0.277 e. The Kier molecular flexibility index (Phi) is 23.9. The number of primary amides is 1. The van der Waals surface area contributed by atoms with Crippen molar-refractivity contribution in [1.29, 1.82) is 0 Å². The van der Waals surface area contributed by atoms with E-state index in [0.717, 1.165) is 22.8 Å². The maximum absolute atomic E-state index is 13.2. The molecule has 0 bridgehead atoms. The first-order valence-corrected chi connectivity index (χ1v) is 33.6. The van der Waals surface area contributed by atoms with Crippen molar-refractivity contribution >= 4 is 137 Å². The van der Waals surface area contributed by atoms with Crippen LogP contribution in [0.4, 0.5) is 28.8 Å². The van der Waals surface area contributed by atoms with Crippen LogP contribution in [0.2, 0.25) is 20.1 Å². The summed E-state index contributed by atoms with van der Waals surface area (Å²) in [6.45, 7) is 14.1. The molecule has 3 aliphatic rings. The van der Waals surface area contributed by atoms with Gasteiger partial charge in [0.1, 0.15) is 76.3 Å². The highest BCUT2D eigenvalue weighted by Gasteiger charge is 2.47. The van der Waals surface area contributed by atoms with Gasteiger partial charge < -0.3 is 43.0 Å². The summed E-state index contributed by atoms with van der Waals surface area (Å²) in [6.07, 6.45) is 8.83. The minimum atomic E-state index is -1.16. The first-order chi connectivity index (χ1) is 49.2. The number of nitrogens with one attached hydrogen (secondary N) is 6. The molecule has 36 heteroatoms. The summed E-state index contributed by atoms with van der Waals surface area (Å²) < 4.78 is 4.58. The number of anilines is 5. The molecule has 11 aromatic rings. The van der Waals surface area contributed by atoms with Gasteiger partial charge in [-0.2, -0.15) is 0 Å². The number of aromatic nitrogens is 14. The standard InChI is InChI=1S/2C18H15ClN6O2.C14H11BrClN3O2.C8H9NO.C6H4BrClN2O2.C4H5N3/c2*1-10-4-3-5-13(22-10)18(2)24-16(26)15-11(19)8-12(17(27)25(15)18)23-14-6-7-20-9-21-14;1-7-4-3-5-10(17-7)14(2)18-12(20)11-9(16)6-8(15)13(21)19(11)14;1-6-4-3-5-8(9-6)7(2)10;7-2-1-3(8)4(5(9)11)10-6(2)12;5-4-1-2-6-3-7-4/h2*3-9H,1-2H3,(H,24,26)(H,20,21,23);3-6H,1-2H3,(H,18,20);3-5H,1-2H3;1H,(H2,9,11)(H,10,12);1-3H,(H2,5,6,7). The van der Waals surface area contributed by atoms with E-state index in [1.165, 1.54) is 63.9 Å². The van der Waals surface area contributed by atoms with Crippen LogP contribution >= 0.6 is 78.3 Å². The van der Waals surface area contributed by atoms with Gasteiger partial charge in [0.15, 0.2) is 22.8 Å². The fraction of sp³-hybridized carbons (Fsp3) is 0.162. The second kappa shape index (κ2) is 32.4. The Morgan fingerprint density at radius 1 is 0.481 bits per heavy atom. The second-order valence-corrected chi connectivity index (χ2v) is 26.4. The van der Waals surface area contributed by atoms with Crippen molar-refractivity contribution in [3.05, 3.63) is 292 Å². The predicted molar refractivity (Wildman–Crippen MR) is 397 cm³/mol. The molecule has 532 valence electrons. The molecule has 30 nitrogen and oxygen atoms in total. The highest BCUT2D eigenvalue weighted by atomic mass is 79.9. The number of fused-ring (bicyclic) bond motifs is 3. The molecule has 0 saturated carbocycles. The van der Waals surface area contributed by atoms with Crippen molar-refractivity contribution < 1.29 is 24.0 Å². The van der Waals surface area contributed by atoms with Gasteiger partial charge in [-0.15, -0.1) is 0 Å². The molecule has 0 fully saturated rings. The Morgan fingerprint density at radius 2 is 0.846 bits per heavy atom. The molecule has 14 heterocycles. The summed E-state index contributed by atoms with van der Waals surface area (Å²) in [6, 6.07) is 32.2. The van der Waals surface area contributed by atoms with Gasteiger partial charge >= 0.3 is 0 Å². The number of hydrogen-bond donors (Lipinski definition) is 8. The summed E-state index contributed by atoms with van der Waals surface area (Å²) in [5.41, 5.74) is 11.2. The summed E-state index contributed by atoms with van der Waals surface area (Å²) in [7, 11) is 0. The largest absolute Gasteiger partial charge is 0.384 e. The van der Waals surface area contributed by atoms with Crippen molar-refractivity contribution in [3.8, 4) is 0 Å². The number of rotatable bonds is 9. The number of pyridine rings is 8. The summed E-state index contributed by atoms with van der Waals surface area (Å²) >= 11 is 30.5. The Bertz CT molecular complexity index is 5250. The predicted octanol–water partition coefficient (Wildman–Crippen LogP) is 9.38. The van der Waals surface area contributed by atoms with E-state index in [-0.39, 0.29) is 70.1 Å². The molecular formula is C68H59Br2Cl4N21O9. The number of aryl methyl sites for hydroxylation is 4. The SMILES string of the molecule is CC(=O)c1cccc(C)n1.Cc1cccc(C2(C)NC(=O)c3c(Cl)cc(Br)c(=O)n32)n1.Cc1cccc(C2(C)NC(=O)c3c(Cl)cc(Nc4ccncn4)c(=O)n32)n1.Cc1cccc(C2(C)NC(=O)c3c(Cl)cc(Nc4ccncn4)c(=O)n32)n1.NC(=O)c1[nH]c(=O)c(Br)cc1Cl.Nc1ccncn1. The summed E-state index contributed by atoms with van der Waals surface area (Å²) in [5.74, 6) is -0.621. The van der Waals surface area contributed by atoms with Crippen molar-refractivity contribution in [2.45, 2.75) is 72.4 Å². The maximum atomic E-state index is 13.2. The van der Waals surface area contributed by atoms with Crippen molar-refractivity contribution in [3.63, 3.8) is 0 Å². The average molecular weight is 1620 g/mol. The molecule has 3 unspecified atom stereocenters. The van der Waals surface area contributed by atoms with Crippen LogP contribution in [0, 0.1) is 27.7 Å². The topological polar surface area (TPSA) is 425 Å². The van der Waals surface area contributed by atoms with Crippen molar-refractivity contribution in [2.75, 3.05) is 16.4 Å². The highest BCUT2D eigenvalue weighted by Crippen LogP contribution is 2.36. The third-order valence-corrected chi connectivity index (χ3v) is 17.7. The molecule has 10 N–H and O–H groups in total. The van der Waals surface area contributed by atoms with Gasteiger partial charge in [0.2, 0.25) is 0 Å². The van der Waals surface area contributed by atoms with Crippen molar-refractivity contribution in [2.24, 2.45) is 5.73 Å². The minimum absolute atomic E-state index is 0.0173. The second-order valence-electron chi connectivity index (χ2n) is 23.0. The average Bonchev–Trinajstić information content (AvgIpc) is 1.58. The third kappa shape index (κ3) is 16.9. The summed E-state index contributed by atoms with van der Waals surface area (Å²) in [4.78, 5) is 151. The molecule has 3 aliphatic heterocycles. The molecule has 14 rings (SSSR count). The van der Waals surface area contributed by atoms with E-state index in [2.05, 4.69) is 113 Å². The van der Waals surface area contributed by atoms with Crippen LogP contribution < -0.4 is 60.3 Å². The van der Waals surface area contributed by atoms with E-state index in [9.17, 15) is 43.2 Å². The minimum Gasteiger partial charge on any atom is -0.384 e. The fourth-order valence-corrected chi connectivity index (χ4v) is 12.6. The zero-order valence-electron chi connectivity index (χ0n) is 55.8. The zero-order chi connectivity index (χ0) is 75.7. The van der Waals surface area contributed by atoms with Crippen LogP contribution in [-0.4, -0.2) is 97.9 Å². The van der Waals surface area contributed by atoms with Gasteiger partial charge in [-0.1, -0.05) is 70.7 Å². The molecule has 0 radical (unpaired) electrons. The van der Waals surface area contributed by atoms with E-state index < -0.39 is 57.3 Å². The van der Waals surface area contributed by atoms with E-state index in [0.29, 0.717) is 44.7 Å². The van der Waals surface area contributed by atoms with Gasteiger partial charge in [-0.05, 0) is 171 Å². The zero-order valence-corrected chi connectivity index (χ0v) is 62.0. The Hall–Kier alpha value is -11.3. The number of amides is 4. The number of ketones is 1. The number of nitrogen functional groups attached to an aromatic ring is 1. The monoisotopic (exact) mass is 1610 g/mol. The lowest BCUT2D eigenvalue weighted by Crippen LogP contribution is -2.46. The lowest BCUT2D eigenvalue weighted by atomic mass is 10.1. The molecular weight excluding hydrogens is 1560 g/mol. The van der Waals surface area contributed by atoms with Crippen LogP contribution in [0.25, 0.3) is 0 Å². The molecule has 4 amide bonds. The Labute approximate surface area is 626 Å². The molecule has 0 aromatic carbocycles. The van der Waals surface area contributed by atoms with Gasteiger partial charge in [0, 0.05) is 48.3 Å². The van der Waals surface area contributed by atoms with E-state index >= 15 is 0 Å². The first-order valence-electron chi connectivity index (χ1n) is 30.5. The lowest BCUT2D eigenvalue weighted by molar-refractivity contribution is 0.0931. The number of nitrogens with two attached hydrogens (primary N) is 2. The molecule has 0 saturated heterocycles. The molecule has 104 heavy (non-hydrogen) atoms. The van der Waals surface area contributed by atoms with Crippen LogP contribution in [-0.2, 0) is 17.0 Å². The normalized spacial score (nSPS) is 16.1. The Balaban J connectivity index is 0.000000153. The van der Waals surface area contributed by atoms with Gasteiger partial charge in [-0.25, -0.2) is 29.9 Å². The molecule has 3 atom stereocenters. The van der Waals surface area contributed by atoms with Crippen LogP contribution in [0.5, 0.6) is 0 Å². The van der Waals surface area contributed by atoms with E-state index in [1.54, 1.807) is 81.8 Å². The van der Waals surface area contributed by atoms with Crippen molar-refractivity contribution in [1.82, 2.24) is 84.5 Å². The fourth-order valence-electron chi connectivity index (χ4n) is 10.5. The van der Waals surface area contributed by atoms with Crippen LogP contribution in [0.3, 0.4) is 0 Å². The number of carbonyl (C=O) groups excluding carboxylic acids is 5. The number of halogens is 6.